The van der Waals surface area contributed by atoms with Crippen molar-refractivity contribution in [2.24, 2.45) is 4.99 Å². The van der Waals surface area contributed by atoms with Crippen LogP contribution < -0.4 is 0 Å². The van der Waals surface area contributed by atoms with E-state index >= 15 is 0 Å². The minimum absolute atomic E-state index is 0.486. The molecular formula is C26H25ClN4S. The van der Waals surface area contributed by atoms with E-state index in [4.69, 9.17) is 16.6 Å². The molecule has 0 radical (unpaired) electrons. The number of fused-ring (bicyclic) bond motifs is 3. The van der Waals surface area contributed by atoms with Gasteiger partial charge in [-0.3, -0.25) is 9.56 Å². The molecule has 0 fully saturated rings. The lowest BCUT2D eigenvalue weighted by Crippen LogP contribution is -2.05. The zero-order valence-electron chi connectivity index (χ0n) is 18.5. The van der Waals surface area contributed by atoms with E-state index in [-0.39, 0.29) is 0 Å². The monoisotopic (exact) mass is 460 g/mol. The molecule has 0 aliphatic carbocycles. The quantitative estimate of drug-likeness (QED) is 0.339. The molecule has 3 heterocycles. The maximum Gasteiger partial charge on any atom is 0.160 e. The lowest BCUT2D eigenvalue weighted by atomic mass is 10.00. The summed E-state index contributed by atoms with van der Waals surface area (Å²) in [6.45, 7) is 6.94. The second kappa shape index (κ2) is 8.64. The zero-order chi connectivity index (χ0) is 22.2. The van der Waals surface area contributed by atoms with Crippen LogP contribution >= 0.6 is 22.9 Å². The molecule has 0 unspecified atom stereocenters. The van der Waals surface area contributed by atoms with Crippen LogP contribution in [0.1, 0.15) is 58.5 Å². The highest BCUT2D eigenvalue weighted by atomic mass is 35.5. The van der Waals surface area contributed by atoms with Crippen molar-refractivity contribution in [2.45, 2.75) is 46.1 Å². The van der Waals surface area contributed by atoms with Crippen molar-refractivity contribution < 1.29 is 0 Å². The van der Waals surface area contributed by atoms with E-state index in [1.54, 1.807) is 11.3 Å². The molecular weight excluding hydrogens is 436 g/mol. The Morgan fingerprint density at radius 1 is 1.00 bits per heavy atom. The van der Waals surface area contributed by atoms with Crippen molar-refractivity contribution in [1.82, 2.24) is 14.8 Å². The minimum atomic E-state index is 0.486. The largest absolute Gasteiger partial charge is 0.276 e. The number of aliphatic imine (C=N–C) groups is 1. The first-order valence-corrected chi connectivity index (χ1v) is 12.1. The van der Waals surface area contributed by atoms with Gasteiger partial charge < -0.3 is 0 Å². The van der Waals surface area contributed by atoms with Crippen LogP contribution in [0, 0.1) is 6.92 Å². The lowest BCUT2D eigenvalue weighted by molar-refractivity contribution is 0.863. The van der Waals surface area contributed by atoms with Gasteiger partial charge in [0.15, 0.2) is 5.82 Å². The molecule has 1 aliphatic heterocycles. The molecule has 6 heteroatoms. The van der Waals surface area contributed by atoms with Crippen molar-refractivity contribution in [3.05, 3.63) is 98.4 Å². The van der Waals surface area contributed by atoms with Crippen LogP contribution in [0.3, 0.4) is 0 Å². The number of halogens is 1. The van der Waals surface area contributed by atoms with Crippen LogP contribution in [-0.2, 0) is 19.4 Å². The van der Waals surface area contributed by atoms with Gasteiger partial charge in [0.1, 0.15) is 17.4 Å². The number of hydrogen-bond acceptors (Lipinski definition) is 4. The molecule has 0 bridgehead atoms. The van der Waals surface area contributed by atoms with Gasteiger partial charge in [-0.2, -0.15) is 0 Å². The summed E-state index contributed by atoms with van der Waals surface area (Å²) in [4.78, 5) is 6.25. The average molecular weight is 461 g/mol. The highest BCUT2D eigenvalue weighted by Crippen LogP contribution is 2.35. The van der Waals surface area contributed by atoms with Gasteiger partial charge in [-0.05, 0) is 48.9 Å². The van der Waals surface area contributed by atoms with Gasteiger partial charge in [0.25, 0.3) is 0 Å². The van der Waals surface area contributed by atoms with Crippen molar-refractivity contribution in [2.75, 3.05) is 0 Å². The number of benzene rings is 2. The van der Waals surface area contributed by atoms with Crippen LogP contribution in [-0.4, -0.2) is 20.5 Å². The second-order valence-corrected chi connectivity index (χ2v) is 9.99. The maximum atomic E-state index is 6.56. The Kier molecular flexibility index (Phi) is 5.70. The van der Waals surface area contributed by atoms with E-state index in [1.165, 1.54) is 16.0 Å². The van der Waals surface area contributed by atoms with Crippen molar-refractivity contribution >= 4 is 28.6 Å². The molecule has 162 valence electrons. The van der Waals surface area contributed by atoms with E-state index in [2.05, 4.69) is 58.9 Å². The summed E-state index contributed by atoms with van der Waals surface area (Å²) < 4.78 is 2.15. The first-order valence-electron chi connectivity index (χ1n) is 10.9. The molecule has 4 nitrogen and oxygen atoms in total. The van der Waals surface area contributed by atoms with Crippen LogP contribution in [0.4, 0.5) is 0 Å². The highest BCUT2D eigenvalue weighted by molar-refractivity contribution is 7.15. The topological polar surface area (TPSA) is 43.1 Å². The summed E-state index contributed by atoms with van der Waals surface area (Å²) in [5.41, 5.74) is 5.74. The SMILES string of the molecule is Cc1nnc2n1-c1sc(CCc3ccc(C(C)C)cc3)cc1C(c1ccccc1Cl)=NC2. The Bertz CT molecular complexity index is 1300. The molecule has 0 atom stereocenters. The van der Waals surface area contributed by atoms with Gasteiger partial charge >= 0.3 is 0 Å². The molecule has 0 saturated carbocycles. The molecule has 0 N–H and O–H groups in total. The molecule has 2 aromatic heterocycles. The van der Waals surface area contributed by atoms with Gasteiger partial charge in [-0.25, -0.2) is 0 Å². The smallest absolute Gasteiger partial charge is 0.160 e. The van der Waals surface area contributed by atoms with Crippen LogP contribution in [0.2, 0.25) is 5.02 Å². The first-order chi connectivity index (χ1) is 15.5. The molecule has 0 spiro atoms. The molecule has 2 aromatic carbocycles. The second-order valence-electron chi connectivity index (χ2n) is 8.47. The fraction of sp³-hybridized carbons (Fsp3) is 0.269. The molecule has 5 rings (SSSR count). The number of thiophene rings is 1. The van der Waals surface area contributed by atoms with E-state index in [0.29, 0.717) is 17.5 Å². The maximum absolute atomic E-state index is 6.56. The van der Waals surface area contributed by atoms with E-state index in [9.17, 15) is 0 Å². The van der Waals surface area contributed by atoms with Crippen molar-refractivity contribution in [3.63, 3.8) is 0 Å². The fourth-order valence-electron chi connectivity index (χ4n) is 4.12. The highest BCUT2D eigenvalue weighted by Gasteiger charge is 2.25. The molecule has 1 aliphatic rings. The number of hydrogen-bond donors (Lipinski definition) is 0. The van der Waals surface area contributed by atoms with Crippen molar-refractivity contribution in [3.8, 4) is 5.00 Å². The Balaban J connectivity index is 1.51. The van der Waals surface area contributed by atoms with Crippen LogP contribution in [0.15, 0.2) is 59.6 Å². The van der Waals surface area contributed by atoms with Gasteiger partial charge in [0, 0.05) is 21.0 Å². The first kappa shape index (κ1) is 21.1. The normalized spacial score (nSPS) is 13.0. The predicted molar refractivity (Wildman–Crippen MR) is 133 cm³/mol. The third kappa shape index (κ3) is 3.91. The summed E-state index contributed by atoms with van der Waals surface area (Å²) in [6.07, 6.45) is 1.98. The summed E-state index contributed by atoms with van der Waals surface area (Å²) in [6, 6.07) is 19.2. The Labute approximate surface area is 197 Å². The van der Waals surface area contributed by atoms with Gasteiger partial charge in [0.2, 0.25) is 0 Å². The lowest BCUT2D eigenvalue weighted by Gasteiger charge is -2.08. The predicted octanol–water partition coefficient (Wildman–Crippen LogP) is 6.55. The Morgan fingerprint density at radius 2 is 1.78 bits per heavy atom. The zero-order valence-corrected chi connectivity index (χ0v) is 20.0. The van der Waals surface area contributed by atoms with Gasteiger partial charge in [0.05, 0.1) is 5.71 Å². The third-order valence-electron chi connectivity index (χ3n) is 5.93. The van der Waals surface area contributed by atoms with Crippen molar-refractivity contribution in [1.29, 1.82) is 0 Å². The molecule has 0 saturated heterocycles. The Morgan fingerprint density at radius 3 is 2.53 bits per heavy atom. The van der Waals surface area contributed by atoms with Gasteiger partial charge in [-0.15, -0.1) is 21.5 Å². The van der Waals surface area contributed by atoms with Crippen LogP contribution in [0.5, 0.6) is 0 Å². The minimum Gasteiger partial charge on any atom is -0.276 e. The molecule has 32 heavy (non-hydrogen) atoms. The fourth-order valence-corrected chi connectivity index (χ4v) is 5.57. The van der Waals surface area contributed by atoms with E-state index < -0.39 is 0 Å². The number of nitrogens with zero attached hydrogens (tertiary/aromatic N) is 4. The van der Waals surface area contributed by atoms with Crippen LogP contribution in [0.25, 0.3) is 5.00 Å². The average Bonchev–Trinajstić information content (AvgIpc) is 3.33. The number of aromatic nitrogens is 3. The molecule has 0 amide bonds. The van der Waals surface area contributed by atoms with E-state index in [0.717, 1.165) is 46.3 Å². The van der Waals surface area contributed by atoms with Gasteiger partial charge in [-0.1, -0.05) is 67.9 Å². The molecule has 4 aromatic rings. The summed E-state index contributed by atoms with van der Waals surface area (Å²) in [5, 5.41) is 10.5. The standard InChI is InChI=1S/C26H25ClN4S/c1-16(2)19-11-8-18(9-12-19)10-13-20-14-22-25(21-6-4-5-7-23(21)27)28-15-24-30-29-17(3)31(24)26(22)32-20/h4-9,11-12,14,16H,10,13,15H2,1-3H3. The summed E-state index contributed by atoms with van der Waals surface area (Å²) in [7, 11) is 0. The van der Waals surface area contributed by atoms with E-state index in [1.807, 2.05) is 31.2 Å². The summed E-state index contributed by atoms with van der Waals surface area (Å²) >= 11 is 8.37. The third-order valence-corrected chi connectivity index (χ3v) is 7.44. The number of rotatable bonds is 5. The summed E-state index contributed by atoms with van der Waals surface area (Å²) in [5.74, 6) is 2.30. The number of aryl methyl sites for hydroxylation is 3. The Hall–Kier alpha value is -2.76.